The van der Waals surface area contributed by atoms with Crippen LogP contribution < -0.4 is 11.3 Å². The number of rotatable bonds is 4. The molecular formula is C15H19N3O. The van der Waals surface area contributed by atoms with Gasteiger partial charge in [0.15, 0.2) is 0 Å². The Balaban J connectivity index is 1.83. The lowest BCUT2D eigenvalue weighted by Crippen LogP contribution is -2.14. The summed E-state index contributed by atoms with van der Waals surface area (Å²) in [6, 6.07) is 10.1. The maximum absolute atomic E-state index is 5.94. The van der Waals surface area contributed by atoms with Crippen molar-refractivity contribution in [3.8, 4) is 0 Å². The molecule has 0 spiro atoms. The second-order valence-corrected chi connectivity index (χ2v) is 5.05. The molecule has 3 N–H and O–H groups in total. The first kappa shape index (κ1) is 12.4. The van der Waals surface area contributed by atoms with E-state index in [0.29, 0.717) is 18.5 Å². The van der Waals surface area contributed by atoms with Crippen molar-refractivity contribution in [3.63, 3.8) is 0 Å². The van der Waals surface area contributed by atoms with Crippen molar-refractivity contribution in [3.05, 3.63) is 35.9 Å². The average Bonchev–Trinajstić information content (AvgIpc) is 2.97. The Hall–Kier alpha value is -1.65. The lowest BCUT2D eigenvalue weighted by molar-refractivity contribution is 0.0459. The monoisotopic (exact) mass is 257 g/mol. The topological polar surface area (TPSA) is 60.2 Å². The van der Waals surface area contributed by atoms with Crippen LogP contribution in [0.5, 0.6) is 0 Å². The number of nitrogens with zero attached hydrogens (tertiary/aromatic N) is 1. The number of anilines is 1. The molecule has 100 valence electrons. The highest BCUT2D eigenvalue weighted by atomic mass is 16.5. The van der Waals surface area contributed by atoms with Crippen LogP contribution in [-0.4, -0.2) is 11.1 Å². The second kappa shape index (κ2) is 5.55. The molecule has 4 heteroatoms. The zero-order valence-electron chi connectivity index (χ0n) is 10.9. The third-order valence-corrected chi connectivity index (χ3v) is 3.72. The first-order chi connectivity index (χ1) is 9.36. The van der Waals surface area contributed by atoms with E-state index in [1.54, 1.807) is 0 Å². The number of pyridine rings is 1. The molecule has 0 atom stereocenters. The van der Waals surface area contributed by atoms with E-state index in [-0.39, 0.29) is 0 Å². The molecule has 1 aromatic heterocycles. The van der Waals surface area contributed by atoms with E-state index in [9.17, 15) is 0 Å². The highest BCUT2D eigenvalue weighted by Crippen LogP contribution is 2.25. The number of nitrogens with one attached hydrogen (secondary N) is 1. The number of nitrogens with two attached hydrogens (primary N) is 1. The minimum absolute atomic E-state index is 0.400. The smallest absolute Gasteiger partial charge is 0.146 e. The molecule has 1 heterocycles. The quantitative estimate of drug-likeness (QED) is 0.653. The number of hydrazine groups is 1. The highest BCUT2D eigenvalue weighted by molar-refractivity contribution is 5.81. The Morgan fingerprint density at radius 3 is 2.84 bits per heavy atom. The molecule has 0 amide bonds. The van der Waals surface area contributed by atoms with E-state index < -0.39 is 0 Å². The summed E-state index contributed by atoms with van der Waals surface area (Å²) < 4.78 is 5.94. The molecule has 0 aliphatic heterocycles. The van der Waals surface area contributed by atoms with Crippen molar-refractivity contribution in [2.75, 3.05) is 5.43 Å². The number of aromatic nitrogens is 1. The summed E-state index contributed by atoms with van der Waals surface area (Å²) in [5.74, 6) is 6.26. The Kier molecular flexibility index (Phi) is 3.62. The summed E-state index contributed by atoms with van der Waals surface area (Å²) in [6.45, 7) is 0.571. The molecule has 2 aromatic rings. The van der Waals surface area contributed by atoms with Crippen LogP contribution in [-0.2, 0) is 11.3 Å². The first-order valence-electron chi connectivity index (χ1n) is 6.84. The van der Waals surface area contributed by atoms with Crippen molar-refractivity contribution in [2.24, 2.45) is 5.84 Å². The van der Waals surface area contributed by atoms with E-state index in [0.717, 1.165) is 16.5 Å². The summed E-state index contributed by atoms with van der Waals surface area (Å²) >= 11 is 0. The van der Waals surface area contributed by atoms with Crippen LogP contribution >= 0.6 is 0 Å². The van der Waals surface area contributed by atoms with Crippen molar-refractivity contribution in [2.45, 2.75) is 38.4 Å². The van der Waals surface area contributed by atoms with E-state index in [1.165, 1.54) is 25.7 Å². The number of para-hydroxylation sites is 1. The van der Waals surface area contributed by atoms with Crippen molar-refractivity contribution >= 4 is 16.7 Å². The third-order valence-electron chi connectivity index (χ3n) is 3.72. The molecular weight excluding hydrogens is 238 g/mol. The Morgan fingerprint density at radius 1 is 1.26 bits per heavy atom. The van der Waals surface area contributed by atoms with E-state index in [4.69, 9.17) is 10.6 Å². The number of nitrogen functional groups attached to an aromatic ring is 1. The van der Waals surface area contributed by atoms with E-state index >= 15 is 0 Å². The number of benzene rings is 1. The molecule has 1 aromatic carbocycles. The molecule has 1 fully saturated rings. The predicted molar refractivity (Wildman–Crippen MR) is 76.6 cm³/mol. The fourth-order valence-corrected chi connectivity index (χ4v) is 2.66. The average molecular weight is 257 g/mol. The largest absolute Gasteiger partial charge is 0.373 e. The van der Waals surface area contributed by atoms with Gasteiger partial charge in [0.25, 0.3) is 0 Å². The summed E-state index contributed by atoms with van der Waals surface area (Å²) in [4.78, 5) is 4.52. The molecule has 1 aliphatic carbocycles. The van der Waals surface area contributed by atoms with Crippen molar-refractivity contribution in [1.29, 1.82) is 0 Å². The number of ether oxygens (including phenoxy) is 1. The molecule has 0 bridgehead atoms. The van der Waals surface area contributed by atoms with Gasteiger partial charge in [-0.15, -0.1) is 0 Å². The number of fused-ring (bicyclic) bond motifs is 1. The predicted octanol–water partition coefficient (Wildman–Crippen LogP) is 2.98. The van der Waals surface area contributed by atoms with Crippen LogP contribution in [0.25, 0.3) is 10.9 Å². The Morgan fingerprint density at radius 2 is 2.05 bits per heavy atom. The lowest BCUT2D eigenvalue weighted by atomic mass is 10.1. The van der Waals surface area contributed by atoms with Gasteiger partial charge in [0.1, 0.15) is 5.82 Å². The van der Waals surface area contributed by atoms with Gasteiger partial charge in [-0.25, -0.2) is 10.8 Å². The van der Waals surface area contributed by atoms with E-state index in [1.807, 2.05) is 18.2 Å². The Labute approximate surface area is 112 Å². The molecule has 1 aliphatic rings. The van der Waals surface area contributed by atoms with Crippen LogP contribution in [0.3, 0.4) is 0 Å². The minimum Gasteiger partial charge on any atom is -0.373 e. The first-order valence-corrected chi connectivity index (χ1v) is 6.84. The van der Waals surface area contributed by atoms with E-state index in [2.05, 4.69) is 22.5 Å². The number of hydrogen-bond acceptors (Lipinski definition) is 4. The fraction of sp³-hybridized carbons (Fsp3) is 0.400. The van der Waals surface area contributed by atoms with Gasteiger partial charge in [-0.3, -0.25) is 0 Å². The second-order valence-electron chi connectivity index (χ2n) is 5.05. The van der Waals surface area contributed by atoms with Gasteiger partial charge in [-0.05, 0) is 25.0 Å². The SMILES string of the molecule is NNc1nc2ccccc2cc1COC1CCCC1. The van der Waals surface area contributed by atoms with Crippen LogP contribution in [0.4, 0.5) is 5.82 Å². The number of hydrogen-bond donors (Lipinski definition) is 2. The molecule has 0 saturated heterocycles. The van der Waals surface area contributed by atoms with Crippen molar-refractivity contribution in [1.82, 2.24) is 4.98 Å². The van der Waals surface area contributed by atoms with Gasteiger partial charge in [-0.2, -0.15) is 0 Å². The van der Waals surface area contributed by atoms with Gasteiger partial charge >= 0.3 is 0 Å². The molecule has 4 nitrogen and oxygen atoms in total. The van der Waals surface area contributed by atoms with Crippen LogP contribution in [0.2, 0.25) is 0 Å². The Bertz CT molecular complexity index is 564. The van der Waals surface area contributed by atoms with Gasteiger partial charge in [0.2, 0.25) is 0 Å². The molecule has 19 heavy (non-hydrogen) atoms. The fourth-order valence-electron chi connectivity index (χ4n) is 2.66. The zero-order chi connectivity index (χ0) is 13.1. The summed E-state index contributed by atoms with van der Waals surface area (Å²) in [5.41, 5.74) is 4.64. The molecule has 0 radical (unpaired) electrons. The van der Waals surface area contributed by atoms with Crippen LogP contribution in [0.1, 0.15) is 31.2 Å². The zero-order valence-corrected chi connectivity index (χ0v) is 10.9. The van der Waals surface area contributed by atoms with Gasteiger partial charge < -0.3 is 10.2 Å². The van der Waals surface area contributed by atoms with Crippen LogP contribution in [0.15, 0.2) is 30.3 Å². The van der Waals surface area contributed by atoms with Gasteiger partial charge in [0.05, 0.1) is 18.2 Å². The summed E-state index contributed by atoms with van der Waals surface area (Å²) in [7, 11) is 0. The maximum atomic E-state index is 5.94. The minimum atomic E-state index is 0.400. The summed E-state index contributed by atoms with van der Waals surface area (Å²) in [5, 5.41) is 1.12. The van der Waals surface area contributed by atoms with Gasteiger partial charge in [-0.1, -0.05) is 31.0 Å². The normalized spacial score (nSPS) is 16.1. The maximum Gasteiger partial charge on any atom is 0.146 e. The van der Waals surface area contributed by atoms with Crippen LogP contribution in [0, 0.1) is 0 Å². The van der Waals surface area contributed by atoms with Gasteiger partial charge in [0, 0.05) is 10.9 Å². The molecule has 1 saturated carbocycles. The van der Waals surface area contributed by atoms with Crippen molar-refractivity contribution < 1.29 is 4.74 Å². The lowest BCUT2D eigenvalue weighted by Gasteiger charge is -2.14. The third kappa shape index (κ3) is 2.69. The summed E-state index contributed by atoms with van der Waals surface area (Å²) in [6.07, 6.45) is 5.31. The molecule has 0 unspecified atom stereocenters. The standard InChI is InChI=1S/C15H19N3O/c16-18-15-12(10-19-13-6-2-3-7-13)9-11-5-1-4-8-14(11)17-15/h1,4-5,8-9,13H,2-3,6-7,10,16H2,(H,17,18). The highest BCUT2D eigenvalue weighted by Gasteiger charge is 2.16. The molecule has 3 rings (SSSR count).